The summed E-state index contributed by atoms with van der Waals surface area (Å²) >= 11 is 0. The summed E-state index contributed by atoms with van der Waals surface area (Å²) in [5.74, 6) is 0.233. The van der Waals surface area contributed by atoms with E-state index in [4.69, 9.17) is 10.5 Å². The number of aromatic nitrogens is 2. The topological polar surface area (TPSA) is 81.0 Å². The molecule has 1 aromatic rings. The molecule has 0 spiro atoms. The Kier molecular flexibility index (Phi) is 5.52. The first-order valence-electron chi connectivity index (χ1n) is 6.15. The van der Waals surface area contributed by atoms with Gasteiger partial charge in [0.25, 0.3) is 5.56 Å². The number of nitrogens with zero attached hydrogens (tertiary/aromatic N) is 1. The van der Waals surface area contributed by atoms with Crippen LogP contribution < -0.4 is 16.0 Å². The molecule has 0 fully saturated rings. The Hall–Kier alpha value is -1.52. The predicted octanol–water partition coefficient (Wildman–Crippen LogP) is 2.09. The van der Waals surface area contributed by atoms with Crippen LogP contribution in [0.1, 0.15) is 46.0 Å². The Labute approximate surface area is 101 Å². The van der Waals surface area contributed by atoms with Crippen LogP contribution in [-0.4, -0.2) is 16.1 Å². The molecule has 1 heterocycles. The van der Waals surface area contributed by atoms with Gasteiger partial charge in [0.05, 0.1) is 12.4 Å². The molecule has 0 aliphatic carbocycles. The number of hydrogen-bond donors (Lipinski definition) is 2. The van der Waals surface area contributed by atoms with Gasteiger partial charge in [-0.15, -0.1) is 0 Å². The Balaban J connectivity index is 2.42. The molecule has 0 aromatic carbocycles. The maximum Gasteiger partial charge on any atom is 0.277 e. The van der Waals surface area contributed by atoms with Gasteiger partial charge in [0.15, 0.2) is 5.69 Å². The van der Waals surface area contributed by atoms with E-state index in [-0.39, 0.29) is 23.2 Å². The van der Waals surface area contributed by atoms with Gasteiger partial charge < -0.3 is 15.5 Å². The van der Waals surface area contributed by atoms with E-state index in [9.17, 15) is 4.79 Å². The van der Waals surface area contributed by atoms with Crippen molar-refractivity contribution >= 4 is 5.69 Å². The van der Waals surface area contributed by atoms with Gasteiger partial charge in [0.1, 0.15) is 0 Å². The molecule has 1 atom stereocenters. The largest absolute Gasteiger partial charge is 0.473 e. The molecule has 0 aliphatic heterocycles. The molecule has 0 bridgehead atoms. The van der Waals surface area contributed by atoms with Gasteiger partial charge in [-0.2, -0.15) is 0 Å². The summed E-state index contributed by atoms with van der Waals surface area (Å²) in [6.07, 6.45) is 7.09. The van der Waals surface area contributed by atoms with Gasteiger partial charge in [-0.1, -0.05) is 26.2 Å². The van der Waals surface area contributed by atoms with Crippen molar-refractivity contribution in [3.63, 3.8) is 0 Å². The first-order chi connectivity index (χ1) is 8.15. The first-order valence-corrected chi connectivity index (χ1v) is 6.15. The molecule has 1 rings (SSSR count). The highest BCUT2D eigenvalue weighted by Gasteiger charge is 2.10. The molecule has 0 radical (unpaired) electrons. The maximum atomic E-state index is 11.2. The second-order valence-electron chi connectivity index (χ2n) is 4.23. The molecule has 17 heavy (non-hydrogen) atoms. The van der Waals surface area contributed by atoms with E-state index in [1.165, 1.54) is 25.6 Å². The van der Waals surface area contributed by atoms with Crippen LogP contribution in [0.4, 0.5) is 5.69 Å². The summed E-state index contributed by atoms with van der Waals surface area (Å²) < 4.78 is 5.55. The summed E-state index contributed by atoms with van der Waals surface area (Å²) in [7, 11) is 0. The minimum Gasteiger partial charge on any atom is -0.473 e. The SMILES string of the molecule is CCCCCCC(C)Oc1nc[nH]c(=O)c1N. The molecular formula is C12H21N3O2. The zero-order chi connectivity index (χ0) is 12.7. The van der Waals surface area contributed by atoms with Crippen molar-refractivity contribution in [3.05, 3.63) is 16.7 Å². The summed E-state index contributed by atoms with van der Waals surface area (Å²) in [5.41, 5.74) is 5.27. The molecular weight excluding hydrogens is 218 g/mol. The molecule has 5 nitrogen and oxygen atoms in total. The van der Waals surface area contributed by atoms with E-state index in [0.29, 0.717) is 0 Å². The Morgan fingerprint density at radius 1 is 1.47 bits per heavy atom. The van der Waals surface area contributed by atoms with Crippen molar-refractivity contribution in [2.24, 2.45) is 0 Å². The quantitative estimate of drug-likeness (QED) is 0.714. The standard InChI is InChI=1S/C12H21N3O2/c1-3-4-5-6-7-9(2)17-12-10(13)11(16)14-8-15-12/h8-9H,3-7,13H2,1-2H3,(H,14,15,16). The second kappa shape index (κ2) is 6.93. The molecule has 96 valence electrons. The Morgan fingerprint density at radius 3 is 2.94 bits per heavy atom. The van der Waals surface area contributed by atoms with Gasteiger partial charge in [0.2, 0.25) is 5.88 Å². The van der Waals surface area contributed by atoms with E-state index in [1.807, 2.05) is 6.92 Å². The zero-order valence-electron chi connectivity index (χ0n) is 10.5. The molecule has 0 aliphatic rings. The number of rotatable bonds is 7. The first kappa shape index (κ1) is 13.5. The number of ether oxygens (including phenoxy) is 1. The molecule has 1 unspecified atom stereocenters. The number of aromatic amines is 1. The lowest BCUT2D eigenvalue weighted by atomic mass is 10.1. The fraction of sp³-hybridized carbons (Fsp3) is 0.667. The van der Waals surface area contributed by atoms with Gasteiger partial charge in [-0.25, -0.2) is 4.98 Å². The number of anilines is 1. The third kappa shape index (κ3) is 4.46. The third-order valence-corrected chi connectivity index (χ3v) is 2.63. The Bertz CT molecular complexity index is 390. The predicted molar refractivity (Wildman–Crippen MR) is 68.1 cm³/mol. The van der Waals surface area contributed by atoms with E-state index in [0.717, 1.165) is 12.8 Å². The summed E-state index contributed by atoms with van der Waals surface area (Å²) in [6, 6.07) is 0. The van der Waals surface area contributed by atoms with Gasteiger partial charge >= 0.3 is 0 Å². The van der Waals surface area contributed by atoms with Crippen LogP contribution in [0.3, 0.4) is 0 Å². The zero-order valence-corrected chi connectivity index (χ0v) is 10.5. The second-order valence-corrected chi connectivity index (χ2v) is 4.23. The summed E-state index contributed by atoms with van der Waals surface area (Å²) in [6.45, 7) is 4.15. The number of nitrogens with two attached hydrogens (primary N) is 1. The van der Waals surface area contributed by atoms with Crippen LogP contribution in [-0.2, 0) is 0 Å². The fourth-order valence-corrected chi connectivity index (χ4v) is 1.60. The van der Waals surface area contributed by atoms with Crippen LogP contribution in [0.15, 0.2) is 11.1 Å². The smallest absolute Gasteiger partial charge is 0.277 e. The molecule has 0 saturated heterocycles. The number of nitrogens with one attached hydrogen (secondary N) is 1. The fourth-order valence-electron chi connectivity index (χ4n) is 1.60. The third-order valence-electron chi connectivity index (χ3n) is 2.63. The molecule has 5 heteroatoms. The van der Waals surface area contributed by atoms with Crippen LogP contribution in [0.25, 0.3) is 0 Å². The van der Waals surface area contributed by atoms with Crippen molar-refractivity contribution in [2.75, 3.05) is 5.73 Å². The lowest BCUT2D eigenvalue weighted by molar-refractivity contribution is 0.199. The Morgan fingerprint density at radius 2 is 2.24 bits per heavy atom. The molecule has 0 amide bonds. The number of H-pyrrole nitrogens is 1. The number of nitrogen functional groups attached to an aromatic ring is 1. The lowest BCUT2D eigenvalue weighted by Gasteiger charge is -2.14. The number of hydrogen-bond acceptors (Lipinski definition) is 4. The summed E-state index contributed by atoms with van der Waals surface area (Å²) in [4.78, 5) is 17.5. The maximum absolute atomic E-state index is 11.2. The van der Waals surface area contributed by atoms with Crippen molar-refractivity contribution in [2.45, 2.75) is 52.1 Å². The highest BCUT2D eigenvalue weighted by molar-refractivity contribution is 5.44. The van der Waals surface area contributed by atoms with Crippen LogP contribution in [0.2, 0.25) is 0 Å². The average Bonchev–Trinajstić information content (AvgIpc) is 2.31. The van der Waals surface area contributed by atoms with E-state index in [2.05, 4.69) is 16.9 Å². The van der Waals surface area contributed by atoms with Crippen molar-refractivity contribution in [3.8, 4) is 5.88 Å². The molecule has 1 aromatic heterocycles. The van der Waals surface area contributed by atoms with Crippen molar-refractivity contribution in [1.29, 1.82) is 0 Å². The van der Waals surface area contributed by atoms with Crippen LogP contribution in [0.5, 0.6) is 5.88 Å². The van der Waals surface area contributed by atoms with Crippen LogP contribution >= 0.6 is 0 Å². The highest BCUT2D eigenvalue weighted by Crippen LogP contribution is 2.15. The van der Waals surface area contributed by atoms with E-state index < -0.39 is 0 Å². The number of unbranched alkanes of at least 4 members (excludes halogenated alkanes) is 3. The van der Waals surface area contributed by atoms with Crippen molar-refractivity contribution in [1.82, 2.24) is 9.97 Å². The van der Waals surface area contributed by atoms with Gasteiger partial charge in [0, 0.05) is 0 Å². The van der Waals surface area contributed by atoms with Crippen molar-refractivity contribution < 1.29 is 4.74 Å². The minimum atomic E-state index is -0.354. The molecule has 0 saturated carbocycles. The minimum absolute atomic E-state index is 0.0310. The normalized spacial score (nSPS) is 12.4. The van der Waals surface area contributed by atoms with Crippen LogP contribution in [0, 0.1) is 0 Å². The lowest BCUT2D eigenvalue weighted by Crippen LogP contribution is -2.19. The average molecular weight is 239 g/mol. The van der Waals surface area contributed by atoms with Gasteiger partial charge in [-0.05, 0) is 19.8 Å². The van der Waals surface area contributed by atoms with Gasteiger partial charge in [-0.3, -0.25) is 4.79 Å². The van der Waals surface area contributed by atoms with E-state index in [1.54, 1.807) is 0 Å². The van der Waals surface area contributed by atoms with E-state index >= 15 is 0 Å². The monoisotopic (exact) mass is 239 g/mol. The summed E-state index contributed by atoms with van der Waals surface area (Å²) in [5, 5.41) is 0. The highest BCUT2D eigenvalue weighted by atomic mass is 16.5. The molecule has 3 N–H and O–H groups in total.